The standard InChI is InChI=1S/C14H15NO2/c16-10-4-6-11-5-1-2-9-13(11)14(17)15-12-7-3-8-12/h1-2,5,9,12,16H,3,7-8,10H2,(H,15,17). The molecule has 0 radical (unpaired) electrons. The van der Waals surface area contributed by atoms with E-state index in [-0.39, 0.29) is 12.5 Å². The third kappa shape index (κ3) is 2.86. The quantitative estimate of drug-likeness (QED) is 0.751. The van der Waals surface area contributed by atoms with Crippen molar-refractivity contribution in [3.05, 3.63) is 35.4 Å². The number of hydrogen-bond acceptors (Lipinski definition) is 2. The summed E-state index contributed by atoms with van der Waals surface area (Å²) in [5.74, 6) is 5.29. The summed E-state index contributed by atoms with van der Waals surface area (Å²) in [6, 6.07) is 7.52. The van der Waals surface area contributed by atoms with Gasteiger partial charge < -0.3 is 10.4 Å². The van der Waals surface area contributed by atoms with E-state index in [4.69, 9.17) is 5.11 Å². The Bertz CT molecular complexity index is 467. The molecule has 1 aliphatic carbocycles. The van der Waals surface area contributed by atoms with Crippen molar-refractivity contribution in [2.24, 2.45) is 0 Å². The van der Waals surface area contributed by atoms with Crippen LogP contribution < -0.4 is 5.32 Å². The number of aliphatic hydroxyl groups is 1. The van der Waals surface area contributed by atoms with Crippen LogP contribution in [0.25, 0.3) is 0 Å². The number of carbonyl (C=O) groups is 1. The van der Waals surface area contributed by atoms with Crippen LogP contribution in [-0.2, 0) is 0 Å². The predicted molar refractivity (Wildman–Crippen MR) is 65.5 cm³/mol. The smallest absolute Gasteiger partial charge is 0.252 e. The molecule has 2 N–H and O–H groups in total. The van der Waals surface area contributed by atoms with Gasteiger partial charge in [-0.15, -0.1) is 0 Å². The van der Waals surface area contributed by atoms with Gasteiger partial charge in [-0.05, 0) is 31.4 Å². The van der Waals surface area contributed by atoms with Crippen molar-refractivity contribution in [2.75, 3.05) is 6.61 Å². The Morgan fingerprint density at radius 1 is 1.41 bits per heavy atom. The maximum Gasteiger partial charge on any atom is 0.252 e. The summed E-state index contributed by atoms with van der Waals surface area (Å²) < 4.78 is 0. The molecule has 0 aliphatic heterocycles. The summed E-state index contributed by atoms with van der Waals surface area (Å²) in [7, 11) is 0. The lowest BCUT2D eigenvalue weighted by atomic mass is 9.92. The Morgan fingerprint density at radius 3 is 2.82 bits per heavy atom. The monoisotopic (exact) mass is 229 g/mol. The fourth-order valence-corrected chi connectivity index (χ4v) is 1.74. The van der Waals surface area contributed by atoms with E-state index in [0.29, 0.717) is 17.2 Å². The van der Waals surface area contributed by atoms with Gasteiger partial charge in [-0.25, -0.2) is 0 Å². The van der Waals surface area contributed by atoms with E-state index in [9.17, 15) is 4.79 Å². The van der Waals surface area contributed by atoms with E-state index in [1.54, 1.807) is 12.1 Å². The van der Waals surface area contributed by atoms with Crippen LogP contribution in [0.2, 0.25) is 0 Å². The summed E-state index contributed by atoms with van der Waals surface area (Å²) in [4.78, 5) is 12.0. The van der Waals surface area contributed by atoms with E-state index in [0.717, 1.165) is 12.8 Å². The zero-order valence-corrected chi connectivity index (χ0v) is 9.57. The van der Waals surface area contributed by atoms with Gasteiger partial charge in [-0.3, -0.25) is 4.79 Å². The predicted octanol–water partition coefficient (Wildman–Crippen LogP) is 1.31. The Hall–Kier alpha value is -1.79. The molecule has 0 bridgehead atoms. The molecule has 17 heavy (non-hydrogen) atoms. The number of benzene rings is 1. The first kappa shape index (κ1) is 11.7. The van der Waals surface area contributed by atoms with Crippen molar-refractivity contribution in [3.63, 3.8) is 0 Å². The molecule has 0 unspecified atom stereocenters. The molecule has 1 aromatic rings. The minimum atomic E-state index is -0.196. The molecule has 88 valence electrons. The van der Waals surface area contributed by atoms with Gasteiger partial charge in [0.1, 0.15) is 6.61 Å². The van der Waals surface area contributed by atoms with Gasteiger partial charge in [0, 0.05) is 11.6 Å². The normalized spacial score (nSPS) is 14.4. The van der Waals surface area contributed by atoms with Crippen LogP contribution in [0.15, 0.2) is 24.3 Å². The van der Waals surface area contributed by atoms with Crippen LogP contribution in [0.5, 0.6) is 0 Å². The molecule has 0 saturated heterocycles. The van der Waals surface area contributed by atoms with Crippen molar-refractivity contribution in [1.29, 1.82) is 0 Å². The van der Waals surface area contributed by atoms with Crippen LogP contribution in [0.4, 0.5) is 0 Å². The molecule has 3 nitrogen and oxygen atoms in total. The number of rotatable bonds is 2. The van der Waals surface area contributed by atoms with Gasteiger partial charge in [0.15, 0.2) is 0 Å². The Labute approximate surface area is 101 Å². The van der Waals surface area contributed by atoms with E-state index in [1.807, 2.05) is 12.1 Å². The average molecular weight is 229 g/mol. The van der Waals surface area contributed by atoms with Crippen LogP contribution in [-0.4, -0.2) is 23.7 Å². The minimum Gasteiger partial charge on any atom is -0.384 e. The lowest BCUT2D eigenvalue weighted by molar-refractivity contribution is 0.0916. The topological polar surface area (TPSA) is 49.3 Å². The van der Waals surface area contributed by atoms with E-state index < -0.39 is 0 Å². The summed E-state index contributed by atoms with van der Waals surface area (Å²) in [5.41, 5.74) is 1.25. The van der Waals surface area contributed by atoms with E-state index in [1.165, 1.54) is 6.42 Å². The van der Waals surface area contributed by atoms with E-state index in [2.05, 4.69) is 17.2 Å². The Morgan fingerprint density at radius 2 is 2.18 bits per heavy atom. The number of nitrogens with one attached hydrogen (secondary N) is 1. The SMILES string of the molecule is O=C(NC1CCC1)c1ccccc1C#CCO. The van der Waals surface area contributed by atoms with Crippen molar-refractivity contribution >= 4 is 5.91 Å². The second kappa shape index (κ2) is 5.51. The molecular weight excluding hydrogens is 214 g/mol. The highest BCUT2D eigenvalue weighted by atomic mass is 16.2. The van der Waals surface area contributed by atoms with Crippen LogP contribution in [0.1, 0.15) is 35.2 Å². The van der Waals surface area contributed by atoms with Gasteiger partial charge in [0.25, 0.3) is 5.91 Å². The number of hydrogen-bond donors (Lipinski definition) is 2. The van der Waals surface area contributed by atoms with Crippen molar-refractivity contribution < 1.29 is 9.90 Å². The summed E-state index contributed by atoms with van der Waals surface area (Å²) in [6.07, 6.45) is 3.32. The molecule has 0 heterocycles. The lowest BCUT2D eigenvalue weighted by Crippen LogP contribution is -2.39. The van der Waals surface area contributed by atoms with Gasteiger partial charge >= 0.3 is 0 Å². The third-order valence-corrected chi connectivity index (χ3v) is 2.91. The largest absolute Gasteiger partial charge is 0.384 e. The first-order valence-corrected chi connectivity index (χ1v) is 5.81. The maximum atomic E-state index is 12.0. The second-order valence-corrected chi connectivity index (χ2v) is 4.11. The molecule has 1 saturated carbocycles. The lowest BCUT2D eigenvalue weighted by Gasteiger charge is -2.26. The molecule has 1 fully saturated rings. The van der Waals surface area contributed by atoms with Gasteiger partial charge in [0.05, 0.1) is 5.56 Å². The first-order valence-electron chi connectivity index (χ1n) is 5.81. The van der Waals surface area contributed by atoms with Crippen LogP contribution in [0.3, 0.4) is 0 Å². The molecule has 0 aromatic heterocycles. The van der Waals surface area contributed by atoms with Crippen molar-refractivity contribution in [2.45, 2.75) is 25.3 Å². The number of aliphatic hydroxyl groups excluding tert-OH is 1. The highest BCUT2D eigenvalue weighted by Crippen LogP contribution is 2.19. The molecule has 3 heteroatoms. The molecule has 2 rings (SSSR count). The highest BCUT2D eigenvalue weighted by Gasteiger charge is 2.20. The second-order valence-electron chi connectivity index (χ2n) is 4.11. The van der Waals surface area contributed by atoms with E-state index >= 15 is 0 Å². The molecular formula is C14H15NO2. The molecule has 1 aliphatic rings. The highest BCUT2D eigenvalue weighted by molar-refractivity contribution is 5.96. The third-order valence-electron chi connectivity index (χ3n) is 2.91. The number of amides is 1. The first-order chi connectivity index (χ1) is 8.31. The van der Waals surface area contributed by atoms with Crippen LogP contribution in [0, 0.1) is 11.8 Å². The van der Waals surface area contributed by atoms with Crippen molar-refractivity contribution in [1.82, 2.24) is 5.32 Å². The zero-order chi connectivity index (χ0) is 12.1. The molecule has 1 aromatic carbocycles. The number of carbonyl (C=O) groups excluding carboxylic acids is 1. The van der Waals surface area contributed by atoms with Gasteiger partial charge in [0.2, 0.25) is 0 Å². The molecule has 1 amide bonds. The van der Waals surface area contributed by atoms with Gasteiger partial charge in [-0.2, -0.15) is 0 Å². The van der Waals surface area contributed by atoms with Gasteiger partial charge in [-0.1, -0.05) is 24.0 Å². The Kier molecular flexibility index (Phi) is 3.79. The average Bonchev–Trinajstić information content (AvgIpc) is 2.31. The zero-order valence-electron chi connectivity index (χ0n) is 9.57. The summed E-state index contributed by atoms with van der Waals surface area (Å²) in [6.45, 7) is -0.196. The van der Waals surface area contributed by atoms with Crippen molar-refractivity contribution in [3.8, 4) is 11.8 Å². The summed E-state index contributed by atoms with van der Waals surface area (Å²) in [5, 5.41) is 11.7. The Balaban J connectivity index is 2.15. The molecule has 0 atom stereocenters. The molecule has 0 spiro atoms. The minimum absolute atomic E-state index is 0.0717. The fraction of sp³-hybridized carbons (Fsp3) is 0.357. The maximum absolute atomic E-state index is 12.0. The summed E-state index contributed by atoms with van der Waals surface area (Å²) >= 11 is 0. The fourth-order valence-electron chi connectivity index (χ4n) is 1.74. The van der Waals surface area contributed by atoms with Crippen LogP contribution >= 0.6 is 0 Å².